The highest BCUT2D eigenvalue weighted by Gasteiger charge is 2.22. The Balaban J connectivity index is 1.37. The number of sulfone groups is 1. The van der Waals surface area contributed by atoms with Crippen LogP contribution >= 0.6 is 0 Å². The number of hydrogen-bond acceptors (Lipinski definition) is 10. The average molecular weight is 732 g/mol. The molecule has 0 amide bonds. The monoisotopic (exact) mass is 731 g/mol. The maximum atomic E-state index is 14.4. The van der Waals surface area contributed by atoms with Crippen LogP contribution in [-0.4, -0.2) is 47.3 Å². The van der Waals surface area contributed by atoms with E-state index in [4.69, 9.17) is 14.5 Å². The lowest BCUT2D eigenvalue weighted by Gasteiger charge is -2.16. The number of rotatable bonds is 12. The van der Waals surface area contributed by atoms with E-state index in [1.54, 1.807) is 31.4 Å². The van der Waals surface area contributed by atoms with Gasteiger partial charge in [0.1, 0.15) is 28.0 Å². The SMILES string of the molecule is COc1ccc(CNc2nc3ccc(-c4cnc(OC)c(NS(=O)(=O)c5ccc(F)cc5F)c4)cc3cc2Nc2cccc(S(C)(=O)=O)c2)cc1. The van der Waals surface area contributed by atoms with E-state index >= 15 is 0 Å². The van der Waals surface area contributed by atoms with Gasteiger partial charge in [0.15, 0.2) is 15.7 Å². The zero-order valence-corrected chi connectivity index (χ0v) is 29.1. The van der Waals surface area contributed by atoms with Crippen LogP contribution in [0.2, 0.25) is 0 Å². The van der Waals surface area contributed by atoms with Gasteiger partial charge in [-0.05, 0) is 77.9 Å². The third-order valence-electron chi connectivity index (χ3n) is 7.78. The molecule has 6 aromatic rings. The molecule has 0 aliphatic heterocycles. The maximum absolute atomic E-state index is 14.4. The van der Waals surface area contributed by atoms with Crippen molar-refractivity contribution < 1.29 is 35.1 Å². The van der Waals surface area contributed by atoms with E-state index in [0.29, 0.717) is 51.8 Å². The van der Waals surface area contributed by atoms with Crippen LogP contribution in [0.15, 0.2) is 113 Å². The number of anilines is 4. The zero-order chi connectivity index (χ0) is 36.3. The van der Waals surface area contributed by atoms with Crippen molar-refractivity contribution in [3.63, 3.8) is 0 Å². The molecule has 3 N–H and O–H groups in total. The number of aromatic nitrogens is 2. The highest BCUT2D eigenvalue weighted by atomic mass is 32.2. The van der Waals surface area contributed by atoms with Crippen molar-refractivity contribution >= 4 is 53.6 Å². The van der Waals surface area contributed by atoms with Crippen LogP contribution in [-0.2, 0) is 26.4 Å². The minimum Gasteiger partial charge on any atom is -0.497 e. The van der Waals surface area contributed by atoms with E-state index in [1.165, 1.54) is 31.5 Å². The molecule has 6 rings (SSSR count). The summed E-state index contributed by atoms with van der Waals surface area (Å²) in [5.41, 5.74) is 3.74. The molecule has 2 heterocycles. The largest absolute Gasteiger partial charge is 0.497 e. The summed E-state index contributed by atoms with van der Waals surface area (Å²) in [6.07, 6.45) is 2.63. The van der Waals surface area contributed by atoms with Crippen molar-refractivity contribution in [2.24, 2.45) is 0 Å². The van der Waals surface area contributed by atoms with E-state index < -0.39 is 36.4 Å². The van der Waals surface area contributed by atoms with Crippen LogP contribution in [0.3, 0.4) is 0 Å². The third-order valence-corrected chi connectivity index (χ3v) is 10.3. The fourth-order valence-corrected chi connectivity index (χ4v) is 6.99. The summed E-state index contributed by atoms with van der Waals surface area (Å²) in [6.45, 7) is 0.427. The molecule has 0 fully saturated rings. The summed E-state index contributed by atoms with van der Waals surface area (Å²) in [4.78, 5) is 8.52. The molecule has 0 radical (unpaired) electrons. The summed E-state index contributed by atoms with van der Waals surface area (Å²) >= 11 is 0. The second-order valence-corrected chi connectivity index (χ2v) is 15.0. The molecule has 0 unspecified atom stereocenters. The Morgan fingerprint density at radius 2 is 1.57 bits per heavy atom. The van der Waals surface area contributed by atoms with E-state index in [1.807, 2.05) is 36.4 Å². The first kappa shape index (κ1) is 35.0. The number of hydrogen-bond donors (Lipinski definition) is 3. The molecule has 0 saturated heterocycles. The molecule has 2 aromatic heterocycles. The van der Waals surface area contributed by atoms with Crippen LogP contribution in [0.5, 0.6) is 11.6 Å². The standard InChI is InChI=1S/C36H31F2N5O6S2/c1-48-28-11-7-22(8-12-28)20-39-35-32(41-27-5-4-6-29(19-27)50(3,44)45)16-24-15-23(9-13-31(24)42-35)25-17-33(36(49-2)40-21-25)43-51(46,47)34-14-10-26(37)18-30(34)38/h4-19,21,41,43H,20H2,1-3H3,(H,39,42). The smallest absolute Gasteiger partial charge is 0.264 e. The number of sulfonamides is 1. The summed E-state index contributed by atoms with van der Waals surface area (Å²) in [5, 5.41) is 7.35. The lowest BCUT2D eigenvalue weighted by Crippen LogP contribution is -2.15. The predicted molar refractivity (Wildman–Crippen MR) is 192 cm³/mol. The van der Waals surface area contributed by atoms with E-state index in [0.717, 1.165) is 29.7 Å². The van der Waals surface area contributed by atoms with Crippen molar-refractivity contribution in [1.29, 1.82) is 0 Å². The van der Waals surface area contributed by atoms with Crippen molar-refractivity contribution in [2.45, 2.75) is 16.3 Å². The van der Waals surface area contributed by atoms with Crippen LogP contribution in [0.1, 0.15) is 5.56 Å². The van der Waals surface area contributed by atoms with Gasteiger partial charge in [0.05, 0.1) is 30.3 Å². The van der Waals surface area contributed by atoms with Crippen LogP contribution in [0, 0.1) is 11.6 Å². The van der Waals surface area contributed by atoms with Gasteiger partial charge >= 0.3 is 0 Å². The number of ether oxygens (including phenoxy) is 2. The van der Waals surface area contributed by atoms with Gasteiger partial charge in [-0.15, -0.1) is 0 Å². The number of fused-ring (bicyclic) bond motifs is 1. The molecule has 0 atom stereocenters. The van der Waals surface area contributed by atoms with Crippen molar-refractivity contribution in [3.05, 3.63) is 120 Å². The van der Waals surface area contributed by atoms with E-state index in [9.17, 15) is 25.6 Å². The normalized spacial score (nSPS) is 11.6. The van der Waals surface area contributed by atoms with Crippen molar-refractivity contribution in [2.75, 3.05) is 35.8 Å². The Labute approximate surface area is 293 Å². The molecular formula is C36H31F2N5O6S2. The minimum atomic E-state index is -4.49. The second kappa shape index (κ2) is 14.2. The minimum absolute atomic E-state index is 0.0665. The van der Waals surface area contributed by atoms with Gasteiger partial charge < -0.3 is 20.1 Å². The maximum Gasteiger partial charge on any atom is 0.264 e. The molecule has 11 nitrogen and oxygen atoms in total. The van der Waals surface area contributed by atoms with Gasteiger partial charge in [-0.3, -0.25) is 4.72 Å². The molecule has 15 heteroatoms. The molecule has 0 aliphatic rings. The number of methoxy groups -OCH3 is 2. The van der Waals surface area contributed by atoms with Crippen LogP contribution < -0.4 is 24.8 Å². The number of benzene rings is 4. The number of nitrogens with one attached hydrogen (secondary N) is 3. The summed E-state index contributed by atoms with van der Waals surface area (Å²) in [6, 6.07) is 24.9. The summed E-state index contributed by atoms with van der Waals surface area (Å²) < 4.78 is 91.3. The van der Waals surface area contributed by atoms with Gasteiger partial charge in [-0.2, -0.15) is 0 Å². The Morgan fingerprint density at radius 1 is 0.784 bits per heavy atom. The number of halogens is 2. The third kappa shape index (κ3) is 8.00. The molecule has 4 aromatic carbocycles. The van der Waals surface area contributed by atoms with Gasteiger partial charge in [0, 0.05) is 41.7 Å². The average Bonchev–Trinajstić information content (AvgIpc) is 3.10. The van der Waals surface area contributed by atoms with Crippen LogP contribution in [0.4, 0.5) is 31.7 Å². The summed E-state index contributed by atoms with van der Waals surface area (Å²) in [7, 11) is -5.05. The highest BCUT2D eigenvalue weighted by Crippen LogP contribution is 2.34. The molecule has 0 aliphatic carbocycles. The Hall–Kier alpha value is -5.80. The Morgan fingerprint density at radius 3 is 2.27 bits per heavy atom. The Bertz CT molecular complexity index is 2480. The van der Waals surface area contributed by atoms with Crippen LogP contribution in [0.25, 0.3) is 22.0 Å². The zero-order valence-electron chi connectivity index (χ0n) is 27.4. The first-order valence-electron chi connectivity index (χ1n) is 15.2. The van der Waals surface area contributed by atoms with Gasteiger partial charge in [0.2, 0.25) is 5.88 Å². The number of nitrogens with zero attached hydrogens (tertiary/aromatic N) is 2. The fourth-order valence-electron chi connectivity index (χ4n) is 5.21. The highest BCUT2D eigenvalue weighted by molar-refractivity contribution is 7.92. The number of pyridine rings is 2. The second-order valence-electron chi connectivity index (χ2n) is 11.4. The molecule has 0 saturated carbocycles. The quantitative estimate of drug-likeness (QED) is 0.119. The van der Waals surface area contributed by atoms with E-state index in [-0.39, 0.29) is 16.5 Å². The molecular weight excluding hydrogens is 701 g/mol. The first-order chi connectivity index (χ1) is 24.3. The molecule has 262 valence electrons. The molecule has 0 spiro atoms. The topological polar surface area (TPSA) is 149 Å². The lowest BCUT2D eigenvalue weighted by molar-refractivity contribution is 0.400. The molecule has 0 bridgehead atoms. The Kier molecular flexibility index (Phi) is 9.76. The van der Waals surface area contributed by atoms with Gasteiger partial charge in [-0.25, -0.2) is 35.6 Å². The van der Waals surface area contributed by atoms with Gasteiger partial charge in [0.25, 0.3) is 10.0 Å². The van der Waals surface area contributed by atoms with E-state index in [2.05, 4.69) is 20.3 Å². The van der Waals surface area contributed by atoms with Crippen molar-refractivity contribution in [1.82, 2.24) is 9.97 Å². The van der Waals surface area contributed by atoms with Gasteiger partial charge in [-0.1, -0.05) is 24.3 Å². The lowest BCUT2D eigenvalue weighted by atomic mass is 10.0. The molecule has 51 heavy (non-hydrogen) atoms. The summed E-state index contributed by atoms with van der Waals surface area (Å²) in [5.74, 6) is -1.00. The van der Waals surface area contributed by atoms with Crippen molar-refractivity contribution in [3.8, 4) is 22.8 Å². The predicted octanol–water partition coefficient (Wildman–Crippen LogP) is 7.15. The fraction of sp³-hybridized carbons (Fsp3) is 0.111. The first-order valence-corrected chi connectivity index (χ1v) is 18.6.